The third-order valence-corrected chi connectivity index (χ3v) is 4.81. The molecule has 0 radical (unpaired) electrons. The number of hydrogen-bond donors (Lipinski definition) is 1. The summed E-state index contributed by atoms with van der Waals surface area (Å²) in [6, 6.07) is 11.9. The Morgan fingerprint density at radius 1 is 0.952 bits per heavy atom. The van der Waals surface area contributed by atoms with E-state index in [2.05, 4.69) is 63.3 Å². The first-order chi connectivity index (χ1) is 10.1. The Hall–Kier alpha value is -1.60. The van der Waals surface area contributed by atoms with E-state index < -0.39 is 0 Å². The molecule has 0 amide bonds. The summed E-state index contributed by atoms with van der Waals surface area (Å²) in [5.41, 5.74) is 9.85. The largest absolute Gasteiger partial charge is 0.310 e. The normalized spacial score (nSPS) is 14.5. The van der Waals surface area contributed by atoms with Crippen LogP contribution in [0.1, 0.15) is 40.7 Å². The zero-order valence-electron chi connectivity index (χ0n) is 13.6. The highest BCUT2D eigenvalue weighted by Crippen LogP contribution is 2.34. The van der Waals surface area contributed by atoms with Crippen molar-refractivity contribution in [2.45, 2.75) is 53.1 Å². The molecule has 1 heteroatoms. The zero-order valence-corrected chi connectivity index (χ0v) is 13.6. The fraction of sp³-hybridized carbons (Fsp3) is 0.400. The molecular weight excluding hydrogens is 254 g/mol. The second-order valence-corrected chi connectivity index (χ2v) is 6.45. The Labute approximate surface area is 128 Å². The molecule has 1 fully saturated rings. The molecule has 0 aromatic heterocycles. The minimum absolute atomic E-state index is 0.750. The van der Waals surface area contributed by atoms with Crippen LogP contribution in [0.2, 0.25) is 0 Å². The quantitative estimate of drug-likeness (QED) is 0.844. The van der Waals surface area contributed by atoms with Gasteiger partial charge in [0.15, 0.2) is 0 Å². The smallest absolute Gasteiger partial charge is 0.0214 e. The molecule has 1 N–H and O–H groups in total. The van der Waals surface area contributed by atoms with Gasteiger partial charge in [0.2, 0.25) is 0 Å². The minimum Gasteiger partial charge on any atom is -0.310 e. The molecule has 2 aromatic carbocycles. The van der Waals surface area contributed by atoms with Crippen LogP contribution in [0.25, 0.3) is 11.1 Å². The van der Waals surface area contributed by atoms with E-state index in [0.29, 0.717) is 0 Å². The maximum atomic E-state index is 3.65. The SMILES string of the molecule is Cc1cc(C)c(C)c(-c2ccccc2CNC2CC2)c1C. The maximum absolute atomic E-state index is 3.65. The van der Waals surface area contributed by atoms with Crippen molar-refractivity contribution in [1.29, 1.82) is 0 Å². The van der Waals surface area contributed by atoms with Crippen LogP contribution in [-0.4, -0.2) is 6.04 Å². The van der Waals surface area contributed by atoms with Crippen molar-refractivity contribution in [3.05, 3.63) is 58.1 Å². The predicted octanol–water partition coefficient (Wildman–Crippen LogP) is 4.84. The standard InChI is InChI=1S/C20H25N/c1-13-11-14(2)16(4)20(15(13)3)19-8-6-5-7-17(19)12-21-18-9-10-18/h5-8,11,18,21H,9-10,12H2,1-4H3. The van der Waals surface area contributed by atoms with E-state index in [1.807, 2.05) is 0 Å². The molecule has 1 aliphatic carbocycles. The summed E-state index contributed by atoms with van der Waals surface area (Å²) in [4.78, 5) is 0. The van der Waals surface area contributed by atoms with E-state index in [0.717, 1.165) is 12.6 Å². The van der Waals surface area contributed by atoms with Gasteiger partial charge in [-0.05, 0) is 79.5 Å². The summed E-state index contributed by atoms with van der Waals surface area (Å²) >= 11 is 0. The third kappa shape index (κ3) is 2.89. The Morgan fingerprint density at radius 2 is 1.57 bits per heavy atom. The first kappa shape index (κ1) is 14.3. The van der Waals surface area contributed by atoms with Crippen LogP contribution in [-0.2, 0) is 6.54 Å². The summed E-state index contributed by atoms with van der Waals surface area (Å²) in [5.74, 6) is 0. The number of rotatable bonds is 4. The van der Waals surface area contributed by atoms with E-state index in [-0.39, 0.29) is 0 Å². The van der Waals surface area contributed by atoms with Gasteiger partial charge < -0.3 is 5.32 Å². The molecule has 0 bridgehead atoms. The van der Waals surface area contributed by atoms with Crippen molar-refractivity contribution in [3.8, 4) is 11.1 Å². The van der Waals surface area contributed by atoms with Crippen LogP contribution >= 0.6 is 0 Å². The highest BCUT2D eigenvalue weighted by atomic mass is 14.9. The molecule has 1 aliphatic rings. The number of aryl methyl sites for hydroxylation is 2. The van der Waals surface area contributed by atoms with Crippen molar-refractivity contribution < 1.29 is 0 Å². The Balaban J connectivity index is 2.07. The van der Waals surface area contributed by atoms with E-state index in [4.69, 9.17) is 0 Å². The average molecular weight is 279 g/mol. The molecule has 1 saturated carbocycles. The fourth-order valence-corrected chi connectivity index (χ4v) is 3.08. The second kappa shape index (κ2) is 5.65. The maximum Gasteiger partial charge on any atom is 0.0214 e. The van der Waals surface area contributed by atoms with Gasteiger partial charge in [-0.15, -0.1) is 0 Å². The second-order valence-electron chi connectivity index (χ2n) is 6.45. The van der Waals surface area contributed by atoms with Crippen molar-refractivity contribution in [2.75, 3.05) is 0 Å². The first-order valence-electron chi connectivity index (χ1n) is 7.97. The Morgan fingerprint density at radius 3 is 2.19 bits per heavy atom. The van der Waals surface area contributed by atoms with Gasteiger partial charge >= 0.3 is 0 Å². The van der Waals surface area contributed by atoms with Crippen LogP contribution < -0.4 is 5.32 Å². The van der Waals surface area contributed by atoms with Crippen LogP contribution in [0.4, 0.5) is 0 Å². The van der Waals surface area contributed by atoms with Crippen molar-refractivity contribution >= 4 is 0 Å². The number of hydrogen-bond acceptors (Lipinski definition) is 1. The van der Waals surface area contributed by atoms with Crippen LogP contribution in [0, 0.1) is 27.7 Å². The lowest BCUT2D eigenvalue weighted by atomic mass is 9.87. The van der Waals surface area contributed by atoms with Gasteiger partial charge in [-0.2, -0.15) is 0 Å². The van der Waals surface area contributed by atoms with E-state index >= 15 is 0 Å². The monoisotopic (exact) mass is 279 g/mol. The first-order valence-corrected chi connectivity index (χ1v) is 7.97. The molecule has 110 valence electrons. The summed E-state index contributed by atoms with van der Waals surface area (Å²) in [5, 5.41) is 3.65. The Bertz CT molecular complexity index is 640. The van der Waals surface area contributed by atoms with Gasteiger partial charge in [0, 0.05) is 12.6 Å². The molecule has 0 unspecified atom stereocenters. The summed E-state index contributed by atoms with van der Waals surface area (Å²) in [6.45, 7) is 9.92. The topological polar surface area (TPSA) is 12.0 Å². The van der Waals surface area contributed by atoms with Gasteiger partial charge in [0.1, 0.15) is 0 Å². The fourth-order valence-electron chi connectivity index (χ4n) is 3.08. The van der Waals surface area contributed by atoms with E-state index in [1.165, 1.54) is 51.8 Å². The summed E-state index contributed by atoms with van der Waals surface area (Å²) in [6.07, 6.45) is 2.67. The van der Waals surface area contributed by atoms with Gasteiger partial charge in [-0.1, -0.05) is 30.3 Å². The van der Waals surface area contributed by atoms with Gasteiger partial charge in [-0.25, -0.2) is 0 Å². The molecule has 0 aliphatic heterocycles. The van der Waals surface area contributed by atoms with Gasteiger partial charge in [-0.3, -0.25) is 0 Å². The molecule has 0 saturated heterocycles. The Kier molecular flexibility index (Phi) is 3.86. The molecular formula is C20H25N. The molecule has 3 rings (SSSR count). The van der Waals surface area contributed by atoms with E-state index in [9.17, 15) is 0 Å². The number of benzene rings is 2. The molecule has 1 nitrogen and oxygen atoms in total. The third-order valence-electron chi connectivity index (χ3n) is 4.81. The molecule has 0 heterocycles. The summed E-state index contributed by atoms with van der Waals surface area (Å²) in [7, 11) is 0. The summed E-state index contributed by atoms with van der Waals surface area (Å²) < 4.78 is 0. The lowest BCUT2D eigenvalue weighted by Gasteiger charge is -2.18. The molecule has 2 aromatic rings. The van der Waals surface area contributed by atoms with Crippen molar-refractivity contribution in [2.24, 2.45) is 0 Å². The zero-order chi connectivity index (χ0) is 15.0. The lowest BCUT2D eigenvalue weighted by Crippen LogP contribution is -2.16. The van der Waals surface area contributed by atoms with Crippen LogP contribution in [0.3, 0.4) is 0 Å². The van der Waals surface area contributed by atoms with Crippen LogP contribution in [0.5, 0.6) is 0 Å². The van der Waals surface area contributed by atoms with E-state index in [1.54, 1.807) is 0 Å². The minimum atomic E-state index is 0.750. The highest BCUT2D eigenvalue weighted by molar-refractivity contribution is 5.76. The lowest BCUT2D eigenvalue weighted by molar-refractivity contribution is 0.688. The molecule has 21 heavy (non-hydrogen) atoms. The predicted molar refractivity (Wildman–Crippen MR) is 90.7 cm³/mol. The van der Waals surface area contributed by atoms with Crippen molar-refractivity contribution in [1.82, 2.24) is 5.32 Å². The van der Waals surface area contributed by atoms with Gasteiger partial charge in [0.25, 0.3) is 0 Å². The van der Waals surface area contributed by atoms with Gasteiger partial charge in [0.05, 0.1) is 0 Å². The molecule has 0 atom stereocenters. The number of nitrogens with one attached hydrogen (secondary N) is 1. The molecule has 0 spiro atoms. The van der Waals surface area contributed by atoms with Crippen LogP contribution in [0.15, 0.2) is 30.3 Å². The van der Waals surface area contributed by atoms with Crippen molar-refractivity contribution in [3.63, 3.8) is 0 Å². The average Bonchev–Trinajstić information content (AvgIpc) is 3.29. The highest BCUT2D eigenvalue weighted by Gasteiger charge is 2.21.